The maximum atomic E-state index is 12.6. The normalized spacial score (nSPS) is 21.1. The molecule has 0 unspecified atom stereocenters. The van der Waals surface area contributed by atoms with Crippen LogP contribution in [0.5, 0.6) is 0 Å². The van der Waals surface area contributed by atoms with E-state index in [1.54, 1.807) is 0 Å². The summed E-state index contributed by atoms with van der Waals surface area (Å²) < 4.78 is 0. The lowest BCUT2D eigenvalue weighted by atomic mass is 9.84. The minimum atomic E-state index is 0.296. The average molecular weight is 472 g/mol. The lowest BCUT2D eigenvalue weighted by Gasteiger charge is -2.39. The Morgan fingerprint density at radius 2 is 1.63 bits per heavy atom. The van der Waals surface area contributed by atoms with Crippen LogP contribution in [0.3, 0.4) is 0 Å². The molecule has 0 N–H and O–H groups in total. The van der Waals surface area contributed by atoms with Crippen molar-refractivity contribution >= 4 is 28.9 Å². The highest BCUT2D eigenvalue weighted by Crippen LogP contribution is 2.37. The summed E-state index contributed by atoms with van der Waals surface area (Å²) >= 11 is 0. The maximum absolute atomic E-state index is 12.6. The first-order valence-electron chi connectivity index (χ1n) is 13.5. The second-order valence-electron chi connectivity index (χ2n) is 10.4. The molecule has 3 fully saturated rings. The van der Waals surface area contributed by atoms with Gasteiger partial charge in [0.1, 0.15) is 0 Å². The number of carbonyl (C=O) groups is 1. The summed E-state index contributed by atoms with van der Waals surface area (Å²) in [5.74, 6) is 0.679. The summed E-state index contributed by atoms with van der Waals surface area (Å²) in [7, 11) is 0. The number of piperazine rings is 2. The summed E-state index contributed by atoms with van der Waals surface area (Å²) in [5, 5.41) is 0. The van der Waals surface area contributed by atoms with Crippen LogP contribution in [0.25, 0.3) is 11.6 Å². The molecule has 184 valence electrons. The molecule has 6 nitrogen and oxygen atoms in total. The predicted molar refractivity (Wildman–Crippen MR) is 143 cm³/mol. The Bertz CT molecular complexity index is 1090. The Labute approximate surface area is 209 Å². The number of amides is 1. The van der Waals surface area contributed by atoms with Crippen LogP contribution in [-0.2, 0) is 11.2 Å². The third-order valence-corrected chi connectivity index (χ3v) is 8.54. The second-order valence-corrected chi connectivity index (χ2v) is 10.4. The van der Waals surface area contributed by atoms with Gasteiger partial charge < -0.3 is 19.6 Å². The largest absolute Gasteiger partial charge is 0.369 e. The van der Waals surface area contributed by atoms with Crippen molar-refractivity contribution in [3.8, 4) is 0 Å². The Balaban J connectivity index is 1.13. The molecule has 6 heteroatoms. The van der Waals surface area contributed by atoms with Crippen molar-refractivity contribution < 1.29 is 4.79 Å². The number of anilines is 2. The first kappa shape index (κ1) is 22.6. The van der Waals surface area contributed by atoms with Crippen molar-refractivity contribution in [2.24, 2.45) is 5.92 Å². The van der Waals surface area contributed by atoms with Crippen LogP contribution in [0.2, 0.25) is 0 Å². The van der Waals surface area contributed by atoms with E-state index < -0.39 is 0 Å². The van der Waals surface area contributed by atoms with Crippen LogP contribution >= 0.6 is 0 Å². The van der Waals surface area contributed by atoms with E-state index in [1.165, 1.54) is 40.2 Å². The number of rotatable bonds is 5. The van der Waals surface area contributed by atoms with E-state index in [0.29, 0.717) is 11.8 Å². The molecule has 1 aromatic carbocycles. The fourth-order valence-corrected chi connectivity index (χ4v) is 5.96. The molecule has 2 saturated heterocycles. The molecule has 4 aliphatic rings. The van der Waals surface area contributed by atoms with Gasteiger partial charge in [-0.25, -0.2) is 0 Å². The molecule has 1 saturated carbocycles. The van der Waals surface area contributed by atoms with E-state index in [9.17, 15) is 4.79 Å². The average Bonchev–Trinajstić information content (AvgIpc) is 3.33. The summed E-state index contributed by atoms with van der Waals surface area (Å²) in [6.45, 7) is 11.4. The number of benzene rings is 1. The summed E-state index contributed by atoms with van der Waals surface area (Å²) in [6, 6.07) is 11.3. The van der Waals surface area contributed by atoms with Crippen LogP contribution < -0.4 is 9.80 Å². The summed E-state index contributed by atoms with van der Waals surface area (Å²) in [4.78, 5) is 26.9. The number of pyridine rings is 1. The standard InChI is InChI=1S/C29H37N5O/c1-2-31-12-14-32(15-13-31)25-8-6-22(7-9-25)24-20-26-27(21-24)30-11-10-28(26)33-16-18-34(19-17-33)29(35)23-4-3-5-23/h6-11,20,23H,2-5,12-19,21H2,1H3. The number of allylic oxidation sites excluding steroid dienone is 1. The van der Waals surface area contributed by atoms with Gasteiger partial charge in [0.2, 0.25) is 5.91 Å². The van der Waals surface area contributed by atoms with Gasteiger partial charge in [-0.05, 0) is 54.8 Å². The quantitative estimate of drug-likeness (QED) is 0.664. The van der Waals surface area contributed by atoms with Crippen LogP contribution in [0.15, 0.2) is 36.5 Å². The number of hydrogen-bond donors (Lipinski definition) is 0. The van der Waals surface area contributed by atoms with Crippen LogP contribution in [0.1, 0.15) is 43.0 Å². The van der Waals surface area contributed by atoms with Crippen LogP contribution in [-0.4, -0.2) is 79.6 Å². The van der Waals surface area contributed by atoms with E-state index in [-0.39, 0.29) is 0 Å². The molecule has 2 aliphatic carbocycles. The molecule has 0 atom stereocenters. The zero-order valence-electron chi connectivity index (χ0n) is 21.0. The van der Waals surface area contributed by atoms with Gasteiger partial charge in [0.15, 0.2) is 0 Å². The smallest absolute Gasteiger partial charge is 0.225 e. The maximum Gasteiger partial charge on any atom is 0.225 e. The zero-order valence-corrected chi connectivity index (χ0v) is 21.0. The molecule has 3 heterocycles. The number of nitrogens with zero attached hydrogens (tertiary/aromatic N) is 5. The first-order valence-corrected chi connectivity index (χ1v) is 13.5. The third-order valence-electron chi connectivity index (χ3n) is 8.54. The predicted octanol–water partition coefficient (Wildman–Crippen LogP) is 3.77. The fraction of sp³-hybridized carbons (Fsp3) is 0.517. The van der Waals surface area contributed by atoms with Gasteiger partial charge in [0, 0.05) is 87.8 Å². The molecule has 2 aromatic rings. The van der Waals surface area contributed by atoms with Gasteiger partial charge in [-0.2, -0.15) is 0 Å². The second kappa shape index (κ2) is 9.65. The van der Waals surface area contributed by atoms with Crippen molar-refractivity contribution in [3.63, 3.8) is 0 Å². The number of hydrogen-bond acceptors (Lipinski definition) is 5. The van der Waals surface area contributed by atoms with Crippen LogP contribution in [0, 0.1) is 5.92 Å². The van der Waals surface area contributed by atoms with Crippen molar-refractivity contribution in [2.45, 2.75) is 32.6 Å². The highest BCUT2D eigenvalue weighted by Gasteiger charge is 2.32. The van der Waals surface area contributed by atoms with Crippen LogP contribution in [0.4, 0.5) is 11.4 Å². The lowest BCUT2D eigenvalue weighted by Crippen LogP contribution is -2.51. The number of likely N-dealkylation sites (N-methyl/N-ethyl adjacent to an activating group) is 1. The van der Waals surface area contributed by atoms with Crippen molar-refractivity contribution in [3.05, 3.63) is 53.3 Å². The van der Waals surface area contributed by atoms with Gasteiger partial charge in [0.05, 0.1) is 5.69 Å². The van der Waals surface area contributed by atoms with Gasteiger partial charge in [0.25, 0.3) is 0 Å². The highest BCUT2D eigenvalue weighted by atomic mass is 16.2. The van der Waals surface area contributed by atoms with Crippen molar-refractivity contribution in [2.75, 3.05) is 68.7 Å². The van der Waals surface area contributed by atoms with E-state index in [0.717, 1.165) is 78.2 Å². The molecule has 1 aromatic heterocycles. The monoisotopic (exact) mass is 471 g/mol. The molecule has 0 radical (unpaired) electrons. The topological polar surface area (TPSA) is 42.9 Å². The Morgan fingerprint density at radius 3 is 2.29 bits per heavy atom. The minimum absolute atomic E-state index is 0.296. The van der Waals surface area contributed by atoms with Gasteiger partial charge in [-0.3, -0.25) is 9.78 Å². The van der Waals surface area contributed by atoms with Gasteiger partial charge >= 0.3 is 0 Å². The summed E-state index contributed by atoms with van der Waals surface area (Å²) in [6.07, 6.45) is 8.57. The Hall–Kier alpha value is -2.86. The molecule has 0 bridgehead atoms. The number of carbonyl (C=O) groups excluding carboxylic acids is 1. The number of aromatic nitrogens is 1. The molecular weight excluding hydrogens is 434 g/mol. The third kappa shape index (κ3) is 4.44. The first-order chi connectivity index (χ1) is 17.2. The summed E-state index contributed by atoms with van der Waals surface area (Å²) in [5.41, 5.74) is 7.67. The Morgan fingerprint density at radius 1 is 0.914 bits per heavy atom. The van der Waals surface area contributed by atoms with E-state index in [1.807, 2.05) is 6.20 Å². The zero-order chi connectivity index (χ0) is 23.8. The van der Waals surface area contributed by atoms with E-state index in [4.69, 9.17) is 4.98 Å². The SMILES string of the molecule is CCN1CCN(c2ccc(C3=Cc4c(N5CCN(C(=O)C6CCC6)CC5)ccnc4C3)cc2)CC1. The van der Waals surface area contributed by atoms with Gasteiger partial charge in [-0.15, -0.1) is 0 Å². The molecule has 1 amide bonds. The minimum Gasteiger partial charge on any atom is -0.369 e. The number of fused-ring (bicyclic) bond motifs is 1. The van der Waals surface area contributed by atoms with E-state index in [2.05, 4.69) is 62.9 Å². The van der Waals surface area contributed by atoms with Crippen molar-refractivity contribution in [1.29, 1.82) is 0 Å². The Kier molecular flexibility index (Phi) is 6.23. The highest BCUT2D eigenvalue weighted by molar-refractivity contribution is 5.92. The molecule has 2 aliphatic heterocycles. The molecule has 6 rings (SSSR count). The van der Waals surface area contributed by atoms with Gasteiger partial charge in [-0.1, -0.05) is 25.5 Å². The lowest BCUT2D eigenvalue weighted by molar-refractivity contribution is -0.138. The fourth-order valence-electron chi connectivity index (χ4n) is 5.96. The van der Waals surface area contributed by atoms with E-state index >= 15 is 0 Å². The molecule has 35 heavy (non-hydrogen) atoms. The molecular formula is C29H37N5O. The molecule has 0 spiro atoms. The van der Waals surface area contributed by atoms with Crippen molar-refractivity contribution in [1.82, 2.24) is 14.8 Å².